The van der Waals surface area contributed by atoms with Crippen molar-refractivity contribution in [2.75, 3.05) is 6.54 Å². The lowest BCUT2D eigenvalue weighted by Gasteiger charge is -2.25. The number of halogens is 1. The molecule has 0 aliphatic carbocycles. The van der Waals surface area contributed by atoms with Crippen LogP contribution in [0.2, 0.25) is 0 Å². The monoisotopic (exact) mass is 267 g/mol. The summed E-state index contributed by atoms with van der Waals surface area (Å²) in [6.07, 6.45) is 3.77. The summed E-state index contributed by atoms with van der Waals surface area (Å²) in [4.78, 5) is 0. The molecular formula is C16H26ClN. The predicted molar refractivity (Wildman–Crippen MR) is 81.7 cm³/mol. The maximum absolute atomic E-state index is 3.63. The van der Waals surface area contributed by atoms with Crippen LogP contribution in [-0.2, 0) is 11.8 Å². The molecule has 1 atom stereocenters. The Morgan fingerprint density at radius 2 is 1.78 bits per heavy atom. The third-order valence-corrected chi connectivity index (χ3v) is 3.87. The van der Waals surface area contributed by atoms with E-state index in [0.29, 0.717) is 5.54 Å². The van der Waals surface area contributed by atoms with Gasteiger partial charge in [-0.05, 0) is 49.3 Å². The van der Waals surface area contributed by atoms with Crippen molar-refractivity contribution >= 4 is 12.4 Å². The molecule has 1 aliphatic heterocycles. The van der Waals surface area contributed by atoms with E-state index < -0.39 is 0 Å². The summed E-state index contributed by atoms with van der Waals surface area (Å²) in [7, 11) is 0. The summed E-state index contributed by atoms with van der Waals surface area (Å²) in [5.74, 6) is 0. The zero-order valence-electron chi connectivity index (χ0n) is 12.0. The van der Waals surface area contributed by atoms with Crippen molar-refractivity contribution in [2.24, 2.45) is 0 Å². The molecule has 1 aromatic rings. The summed E-state index contributed by atoms with van der Waals surface area (Å²) in [5.41, 5.74) is 3.46. The van der Waals surface area contributed by atoms with Crippen molar-refractivity contribution in [1.29, 1.82) is 0 Å². The molecule has 2 rings (SSSR count). The molecule has 1 saturated heterocycles. The van der Waals surface area contributed by atoms with Crippen molar-refractivity contribution in [3.05, 3.63) is 35.4 Å². The minimum atomic E-state index is 0. The second-order valence-corrected chi connectivity index (χ2v) is 6.71. The maximum Gasteiger partial charge on any atom is 0.0194 e. The number of hydrogen-bond acceptors (Lipinski definition) is 1. The Hall–Kier alpha value is -0.530. The van der Waals surface area contributed by atoms with E-state index in [1.165, 1.54) is 30.5 Å². The van der Waals surface area contributed by atoms with E-state index in [9.17, 15) is 0 Å². The molecule has 18 heavy (non-hydrogen) atoms. The fourth-order valence-electron chi connectivity index (χ4n) is 2.68. The maximum atomic E-state index is 3.63. The van der Waals surface area contributed by atoms with Gasteiger partial charge < -0.3 is 5.32 Å². The fraction of sp³-hybridized carbons (Fsp3) is 0.625. The molecule has 1 aliphatic rings. The van der Waals surface area contributed by atoms with E-state index in [2.05, 4.69) is 57.3 Å². The first-order chi connectivity index (χ1) is 7.89. The number of rotatable bonds is 2. The third kappa shape index (κ3) is 3.73. The first-order valence-electron chi connectivity index (χ1n) is 6.74. The average molecular weight is 268 g/mol. The van der Waals surface area contributed by atoms with Gasteiger partial charge in [-0.3, -0.25) is 0 Å². The quantitative estimate of drug-likeness (QED) is 0.851. The molecule has 0 amide bonds. The van der Waals surface area contributed by atoms with Crippen LogP contribution in [0.5, 0.6) is 0 Å². The van der Waals surface area contributed by atoms with Crippen molar-refractivity contribution in [3.63, 3.8) is 0 Å². The molecule has 2 heteroatoms. The molecule has 0 bridgehead atoms. The molecular weight excluding hydrogens is 242 g/mol. The molecule has 1 aromatic carbocycles. The van der Waals surface area contributed by atoms with E-state index in [4.69, 9.17) is 0 Å². The summed E-state index contributed by atoms with van der Waals surface area (Å²) in [6, 6.07) is 9.17. The molecule has 1 N–H and O–H groups in total. The lowest BCUT2D eigenvalue weighted by molar-refractivity contribution is 0.412. The SMILES string of the molecule is CC1(Cc2ccc(C(C)(C)C)cc2)CCCN1.Cl. The van der Waals surface area contributed by atoms with Gasteiger partial charge in [0.25, 0.3) is 0 Å². The van der Waals surface area contributed by atoms with Crippen molar-refractivity contribution < 1.29 is 0 Å². The molecule has 1 unspecified atom stereocenters. The van der Waals surface area contributed by atoms with Gasteiger partial charge in [-0.15, -0.1) is 12.4 Å². The number of benzene rings is 1. The van der Waals surface area contributed by atoms with E-state index >= 15 is 0 Å². The largest absolute Gasteiger partial charge is 0.311 e. The molecule has 1 nitrogen and oxygen atoms in total. The standard InChI is InChI=1S/C16H25N.ClH/c1-15(2,3)14-8-6-13(7-9-14)12-16(4)10-5-11-17-16;/h6-9,17H,5,10-12H2,1-4H3;1H. The van der Waals surface area contributed by atoms with Crippen LogP contribution in [0.1, 0.15) is 51.7 Å². The Morgan fingerprint density at radius 3 is 2.22 bits per heavy atom. The van der Waals surface area contributed by atoms with Gasteiger partial charge in [0.05, 0.1) is 0 Å². The van der Waals surface area contributed by atoms with Crippen molar-refractivity contribution in [3.8, 4) is 0 Å². The molecule has 1 heterocycles. The van der Waals surface area contributed by atoms with E-state index in [-0.39, 0.29) is 17.8 Å². The van der Waals surface area contributed by atoms with Gasteiger partial charge in [0.1, 0.15) is 0 Å². The van der Waals surface area contributed by atoms with Gasteiger partial charge in [0.2, 0.25) is 0 Å². The predicted octanol–water partition coefficient (Wildman–Crippen LogP) is 4.09. The zero-order valence-corrected chi connectivity index (χ0v) is 12.9. The van der Waals surface area contributed by atoms with Gasteiger partial charge >= 0.3 is 0 Å². The molecule has 0 spiro atoms. The molecule has 1 fully saturated rings. The summed E-state index contributed by atoms with van der Waals surface area (Å²) in [6.45, 7) is 10.3. The summed E-state index contributed by atoms with van der Waals surface area (Å²) >= 11 is 0. The average Bonchev–Trinajstić information content (AvgIpc) is 2.64. The number of hydrogen-bond donors (Lipinski definition) is 1. The topological polar surface area (TPSA) is 12.0 Å². The molecule has 102 valence electrons. The second-order valence-electron chi connectivity index (χ2n) is 6.71. The van der Waals surface area contributed by atoms with Crippen LogP contribution in [0.4, 0.5) is 0 Å². The Morgan fingerprint density at radius 1 is 1.17 bits per heavy atom. The fourth-order valence-corrected chi connectivity index (χ4v) is 2.68. The highest BCUT2D eigenvalue weighted by Crippen LogP contribution is 2.26. The van der Waals surface area contributed by atoms with Gasteiger partial charge in [-0.25, -0.2) is 0 Å². The summed E-state index contributed by atoms with van der Waals surface area (Å²) in [5, 5.41) is 3.63. The first-order valence-corrected chi connectivity index (χ1v) is 6.74. The van der Waals surface area contributed by atoms with E-state index in [1.807, 2.05) is 0 Å². The van der Waals surface area contributed by atoms with Gasteiger partial charge in [-0.2, -0.15) is 0 Å². The Kier molecular flexibility index (Phi) is 4.85. The Labute approximate surface area is 118 Å². The molecule has 0 radical (unpaired) electrons. The van der Waals surface area contributed by atoms with E-state index in [1.54, 1.807) is 0 Å². The Balaban J connectivity index is 0.00000162. The molecule has 0 saturated carbocycles. The smallest absolute Gasteiger partial charge is 0.0194 e. The van der Waals surface area contributed by atoms with E-state index in [0.717, 1.165) is 6.42 Å². The minimum Gasteiger partial charge on any atom is -0.311 e. The van der Waals surface area contributed by atoms with Crippen molar-refractivity contribution in [2.45, 2.75) is 57.9 Å². The van der Waals surface area contributed by atoms with Gasteiger partial charge in [-0.1, -0.05) is 45.0 Å². The minimum absolute atomic E-state index is 0. The third-order valence-electron chi connectivity index (χ3n) is 3.87. The van der Waals surface area contributed by atoms with Gasteiger partial charge in [0.15, 0.2) is 0 Å². The number of nitrogens with one attached hydrogen (secondary N) is 1. The Bertz CT molecular complexity index is 369. The van der Waals surface area contributed by atoms with Gasteiger partial charge in [0, 0.05) is 5.54 Å². The van der Waals surface area contributed by atoms with Crippen LogP contribution < -0.4 is 5.32 Å². The first kappa shape index (κ1) is 15.5. The van der Waals surface area contributed by atoms with Crippen LogP contribution in [0, 0.1) is 0 Å². The lowest BCUT2D eigenvalue weighted by Crippen LogP contribution is -2.38. The van der Waals surface area contributed by atoms with Crippen LogP contribution in [0.15, 0.2) is 24.3 Å². The molecule has 0 aromatic heterocycles. The normalized spacial score (nSPS) is 23.8. The highest BCUT2D eigenvalue weighted by Gasteiger charge is 2.27. The highest BCUT2D eigenvalue weighted by molar-refractivity contribution is 5.85. The van der Waals surface area contributed by atoms with Crippen LogP contribution in [0.3, 0.4) is 0 Å². The highest BCUT2D eigenvalue weighted by atomic mass is 35.5. The second kappa shape index (κ2) is 5.63. The lowest BCUT2D eigenvalue weighted by atomic mass is 9.85. The van der Waals surface area contributed by atoms with Crippen LogP contribution in [-0.4, -0.2) is 12.1 Å². The zero-order chi connectivity index (χ0) is 12.5. The summed E-state index contributed by atoms with van der Waals surface area (Å²) < 4.78 is 0. The van der Waals surface area contributed by atoms with Crippen LogP contribution >= 0.6 is 12.4 Å². The van der Waals surface area contributed by atoms with Crippen LogP contribution in [0.25, 0.3) is 0 Å². The van der Waals surface area contributed by atoms with Crippen molar-refractivity contribution in [1.82, 2.24) is 5.32 Å².